The Hall–Kier alpha value is -0.940. The molecular formula is C13H20N2OS2. The molecule has 0 saturated carbocycles. The normalized spacial score (nSPS) is 15.7. The Morgan fingerprint density at radius 3 is 2.67 bits per heavy atom. The van der Waals surface area contributed by atoms with Crippen molar-refractivity contribution in [1.29, 1.82) is 0 Å². The Bertz CT molecular complexity index is 417. The molecule has 18 heavy (non-hydrogen) atoms. The summed E-state index contributed by atoms with van der Waals surface area (Å²) < 4.78 is 0. The summed E-state index contributed by atoms with van der Waals surface area (Å²) in [5, 5.41) is 5.06. The van der Waals surface area contributed by atoms with E-state index >= 15 is 0 Å². The van der Waals surface area contributed by atoms with Gasteiger partial charge >= 0.3 is 0 Å². The standard InChI is InChI=1S/C13H20N2OS2/c1-4-9(10-7-6-8-18-10)15-12(16)13(3,5-2)11(14)17/h6-9H,4-5H2,1-3H3,(H2,14,17)(H,15,16). The van der Waals surface area contributed by atoms with Crippen LogP contribution in [0.25, 0.3) is 0 Å². The van der Waals surface area contributed by atoms with Gasteiger partial charge in [0.2, 0.25) is 5.91 Å². The summed E-state index contributed by atoms with van der Waals surface area (Å²) in [7, 11) is 0. The number of hydrogen-bond acceptors (Lipinski definition) is 3. The Labute approximate surface area is 118 Å². The van der Waals surface area contributed by atoms with Crippen molar-refractivity contribution in [3.05, 3.63) is 22.4 Å². The largest absolute Gasteiger partial charge is 0.392 e. The molecular weight excluding hydrogens is 264 g/mol. The lowest BCUT2D eigenvalue weighted by Gasteiger charge is -2.28. The van der Waals surface area contributed by atoms with Gasteiger partial charge in [-0.1, -0.05) is 32.1 Å². The van der Waals surface area contributed by atoms with Crippen LogP contribution in [0.3, 0.4) is 0 Å². The van der Waals surface area contributed by atoms with Crippen LogP contribution >= 0.6 is 23.6 Å². The molecule has 3 nitrogen and oxygen atoms in total. The fourth-order valence-corrected chi connectivity index (χ4v) is 2.73. The number of nitrogens with two attached hydrogens (primary N) is 1. The lowest BCUT2D eigenvalue weighted by atomic mass is 9.86. The SMILES string of the molecule is CCC(NC(=O)C(C)(CC)C(N)=S)c1cccs1. The van der Waals surface area contributed by atoms with Crippen LogP contribution in [0.15, 0.2) is 17.5 Å². The molecule has 0 aliphatic heterocycles. The van der Waals surface area contributed by atoms with Gasteiger partial charge in [0.05, 0.1) is 16.4 Å². The first-order valence-electron chi connectivity index (χ1n) is 6.10. The van der Waals surface area contributed by atoms with Gasteiger partial charge in [-0.2, -0.15) is 0 Å². The van der Waals surface area contributed by atoms with Gasteiger partial charge in [0.1, 0.15) is 0 Å². The Balaban J connectivity index is 2.83. The molecule has 0 saturated heterocycles. The minimum atomic E-state index is -0.764. The molecule has 1 heterocycles. The molecule has 2 unspecified atom stereocenters. The maximum atomic E-state index is 12.3. The molecule has 2 atom stereocenters. The Morgan fingerprint density at radius 2 is 2.28 bits per heavy atom. The van der Waals surface area contributed by atoms with Crippen LogP contribution in [0, 0.1) is 5.41 Å². The lowest BCUT2D eigenvalue weighted by Crippen LogP contribution is -2.47. The molecule has 0 radical (unpaired) electrons. The van der Waals surface area contributed by atoms with E-state index in [-0.39, 0.29) is 16.9 Å². The van der Waals surface area contributed by atoms with E-state index in [4.69, 9.17) is 18.0 Å². The quantitative estimate of drug-likeness (QED) is 0.790. The number of carbonyl (C=O) groups excluding carboxylic acids is 1. The van der Waals surface area contributed by atoms with E-state index in [1.54, 1.807) is 18.3 Å². The summed E-state index contributed by atoms with van der Waals surface area (Å²) in [5.74, 6) is -0.0854. The molecule has 1 aromatic rings. The van der Waals surface area contributed by atoms with E-state index in [9.17, 15) is 4.79 Å². The molecule has 100 valence electrons. The zero-order valence-electron chi connectivity index (χ0n) is 11.0. The van der Waals surface area contributed by atoms with Crippen molar-refractivity contribution in [3.63, 3.8) is 0 Å². The average Bonchev–Trinajstić information content (AvgIpc) is 2.87. The second-order valence-electron chi connectivity index (χ2n) is 4.50. The molecule has 1 aromatic heterocycles. The first kappa shape index (κ1) is 15.1. The van der Waals surface area contributed by atoms with Crippen molar-refractivity contribution < 1.29 is 4.79 Å². The van der Waals surface area contributed by atoms with Gasteiger partial charge in [-0.3, -0.25) is 4.79 Å². The highest BCUT2D eigenvalue weighted by atomic mass is 32.1. The monoisotopic (exact) mass is 284 g/mol. The number of rotatable bonds is 6. The van der Waals surface area contributed by atoms with Gasteiger partial charge in [0.15, 0.2) is 0 Å². The highest BCUT2D eigenvalue weighted by molar-refractivity contribution is 7.80. The third-order valence-electron chi connectivity index (χ3n) is 3.35. The van der Waals surface area contributed by atoms with Crippen LogP contribution in [0.5, 0.6) is 0 Å². The predicted molar refractivity (Wildman–Crippen MR) is 80.7 cm³/mol. The average molecular weight is 284 g/mol. The number of nitrogens with one attached hydrogen (secondary N) is 1. The van der Waals surface area contributed by atoms with Gasteiger partial charge in [-0.25, -0.2) is 0 Å². The Kier molecular flexibility index (Phi) is 5.28. The highest BCUT2D eigenvalue weighted by Gasteiger charge is 2.35. The molecule has 3 N–H and O–H groups in total. The number of thiophene rings is 1. The number of amides is 1. The summed E-state index contributed by atoms with van der Waals surface area (Å²) in [6.07, 6.45) is 1.46. The van der Waals surface area contributed by atoms with Gasteiger partial charge in [0.25, 0.3) is 0 Å². The van der Waals surface area contributed by atoms with Crippen molar-refractivity contribution in [3.8, 4) is 0 Å². The summed E-state index contributed by atoms with van der Waals surface area (Å²) in [6, 6.07) is 4.06. The number of carbonyl (C=O) groups is 1. The number of hydrogen-bond donors (Lipinski definition) is 2. The third kappa shape index (κ3) is 3.09. The molecule has 0 fully saturated rings. The minimum Gasteiger partial charge on any atom is -0.392 e. The number of thiocarbonyl (C=S) groups is 1. The van der Waals surface area contributed by atoms with Crippen LogP contribution in [-0.2, 0) is 4.79 Å². The third-order valence-corrected chi connectivity index (χ3v) is 4.79. The van der Waals surface area contributed by atoms with Crippen molar-refractivity contribution in [1.82, 2.24) is 5.32 Å². The van der Waals surface area contributed by atoms with E-state index in [0.717, 1.165) is 11.3 Å². The molecule has 1 rings (SSSR count). The van der Waals surface area contributed by atoms with Crippen LogP contribution in [0.1, 0.15) is 44.5 Å². The van der Waals surface area contributed by atoms with E-state index in [0.29, 0.717) is 6.42 Å². The van der Waals surface area contributed by atoms with Gasteiger partial charge < -0.3 is 11.1 Å². The van der Waals surface area contributed by atoms with Crippen LogP contribution in [0.4, 0.5) is 0 Å². The minimum absolute atomic E-state index is 0.0396. The molecule has 0 spiro atoms. The van der Waals surface area contributed by atoms with Gasteiger partial charge in [-0.05, 0) is 31.2 Å². The van der Waals surface area contributed by atoms with E-state index in [2.05, 4.69) is 12.2 Å². The lowest BCUT2D eigenvalue weighted by molar-refractivity contribution is -0.127. The van der Waals surface area contributed by atoms with Crippen LogP contribution in [-0.4, -0.2) is 10.9 Å². The smallest absolute Gasteiger partial charge is 0.233 e. The first-order valence-corrected chi connectivity index (χ1v) is 7.38. The van der Waals surface area contributed by atoms with E-state index in [1.807, 2.05) is 24.4 Å². The van der Waals surface area contributed by atoms with Gasteiger partial charge in [-0.15, -0.1) is 11.3 Å². The molecule has 5 heteroatoms. The Morgan fingerprint density at radius 1 is 1.61 bits per heavy atom. The van der Waals surface area contributed by atoms with Crippen LogP contribution in [0.2, 0.25) is 0 Å². The molecule has 0 aromatic carbocycles. The summed E-state index contributed by atoms with van der Waals surface area (Å²) >= 11 is 6.66. The maximum Gasteiger partial charge on any atom is 0.233 e. The van der Waals surface area contributed by atoms with Crippen LogP contribution < -0.4 is 11.1 Å². The van der Waals surface area contributed by atoms with Crippen molar-refractivity contribution in [2.45, 2.75) is 39.7 Å². The maximum absolute atomic E-state index is 12.3. The van der Waals surface area contributed by atoms with E-state index in [1.165, 1.54) is 0 Å². The zero-order chi connectivity index (χ0) is 13.8. The second kappa shape index (κ2) is 6.29. The van der Waals surface area contributed by atoms with Crippen molar-refractivity contribution in [2.24, 2.45) is 11.1 Å². The fourth-order valence-electron chi connectivity index (χ4n) is 1.63. The van der Waals surface area contributed by atoms with E-state index < -0.39 is 5.41 Å². The summed E-state index contributed by atoms with van der Waals surface area (Å²) in [4.78, 5) is 13.7. The topological polar surface area (TPSA) is 55.1 Å². The summed E-state index contributed by atoms with van der Waals surface area (Å²) in [6.45, 7) is 5.77. The van der Waals surface area contributed by atoms with Crippen molar-refractivity contribution in [2.75, 3.05) is 0 Å². The van der Waals surface area contributed by atoms with Gasteiger partial charge in [0, 0.05) is 4.88 Å². The zero-order valence-corrected chi connectivity index (χ0v) is 12.7. The second-order valence-corrected chi connectivity index (χ2v) is 5.92. The molecule has 0 aliphatic carbocycles. The predicted octanol–water partition coefficient (Wildman–Crippen LogP) is 3.02. The molecule has 0 bridgehead atoms. The fraction of sp³-hybridized carbons (Fsp3) is 0.538. The summed E-state index contributed by atoms with van der Waals surface area (Å²) in [5.41, 5.74) is 4.93. The van der Waals surface area contributed by atoms with Crippen molar-refractivity contribution >= 4 is 34.5 Å². The highest BCUT2D eigenvalue weighted by Crippen LogP contribution is 2.26. The first-order chi connectivity index (χ1) is 8.45. The molecule has 0 aliphatic rings. The molecule has 1 amide bonds.